The largest absolute Gasteiger partial charge is 0.457 e. The van der Waals surface area contributed by atoms with E-state index in [2.05, 4.69) is 0 Å². The second-order valence-corrected chi connectivity index (χ2v) is 7.55. The first-order chi connectivity index (χ1) is 15.2. The van der Waals surface area contributed by atoms with E-state index in [9.17, 15) is 10.0 Å². The van der Waals surface area contributed by atoms with Gasteiger partial charge in [0.1, 0.15) is 18.1 Å². The molecule has 0 unspecified atom stereocenters. The van der Waals surface area contributed by atoms with Crippen LogP contribution in [0.4, 0.5) is 4.79 Å². The topological polar surface area (TPSA) is 59.0 Å². The van der Waals surface area contributed by atoms with Crippen LogP contribution in [-0.4, -0.2) is 22.4 Å². The molecule has 2 atom stereocenters. The van der Waals surface area contributed by atoms with Crippen LogP contribution in [0.15, 0.2) is 97.1 Å². The van der Waals surface area contributed by atoms with Gasteiger partial charge in [0.05, 0.1) is 6.04 Å². The summed E-state index contributed by atoms with van der Waals surface area (Å²) in [4.78, 5) is 12.4. The zero-order valence-corrected chi connectivity index (χ0v) is 17.1. The van der Waals surface area contributed by atoms with Crippen LogP contribution in [0.2, 0.25) is 0 Å². The number of nitrogens with zero attached hydrogens (tertiary/aromatic N) is 1. The van der Waals surface area contributed by atoms with Crippen molar-refractivity contribution in [3.8, 4) is 11.5 Å². The Kier molecular flexibility index (Phi) is 6.65. The van der Waals surface area contributed by atoms with Crippen LogP contribution in [0, 0.1) is 5.92 Å². The zero-order chi connectivity index (χ0) is 21.5. The van der Waals surface area contributed by atoms with E-state index < -0.39 is 6.09 Å². The summed E-state index contributed by atoms with van der Waals surface area (Å²) in [6, 6.07) is 26.6. The molecule has 0 saturated heterocycles. The lowest BCUT2D eigenvalue weighted by Crippen LogP contribution is -2.41. The fourth-order valence-corrected chi connectivity index (χ4v) is 3.73. The second kappa shape index (κ2) is 9.96. The Bertz CT molecular complexity index is 1020. The molecular formula is C26H25NO4. The van der Waals surface area contributed by atoms with Crippen LogP contribution in [0.25, 0.3) is 0 Å². The summed E-state index contributed by atoms with van der Waals surface area (Å²) in [5.74, 6) is 1.52. The zero-order valence-electron chi connectivity index (χ0n) is 17.1. The average Bonchev–Trinajstić information content (AvgIpc) is 3.26. The molecule has 3 aromatic carbocycles. The van der Waals surface area contributed by atoms with E-state index in [0.29, 0.717) is 12.8 Å². The average molecular weight is 415 g/mol. The van der Waals surface area contributed by atoms with Crippen LogP contribution in [-0.2, 0) is 17.8 Å². The Morgan fingerprint density at radius 3 is 2.35 bits per heavy atom. The third-order valence-corrected chi connectivity index (χ3v) is 5.31. The summed E-state index contributed by atoms with van der Waals surface area (Å²) in [6.07, 6.45) is 4.57. The SMILES string of the molecule is O=C(OCc1ccccc1)N(O)[C@@H]1CC=C[C@H]1Cc1cccc(Oc2ccccc2)c1. The van der Waals surface area contributed by atoms with Gasteiger partial charge in [-0.05, 0) is 48.2 Å². The van der Waals surface area contributed by atoms with Gasteiger partial charge in [0, 0.05) is 5.92 Å². The molecule has 0 spiro atoms. The van der Waals surface area contributed by atoms with E-state index in [1.54, 1.807) is 0 Å². The van der Waals surface area contributed by atoms with Crippen molar-refractivity contribution in [2.24, 2.45) is 5.92 Å². The van der Waals surface area contributed by atoms with Gasteiger partial charge in [-0.15, -0.1) is 0 Å². The molecule has 0 saturated carbocycles. The maximum atomic E-state index is 12.4. The number of carbonyl (C=O) groups excluding carboxylic acids is 1. The molecule has 4 rings (SSSR count). The molecule has 0 radical (unpaired) electrons. The number of hydrogen-bond acceptors (Lipinski definition) is 4. The van der Waals surface area contributed by atoms with Gasteiger partial charge in [0.15, 0.2) is 0 Å². The van der Waals surface area contributed by atoms with Gasteiger partial charge in [-0.3, -0.25) is 5.21 Å². The Morgan fingerprint density at radius 1 is 0.903 bits per heavy atom. The lowest BCUT2D eigenvalue weighted by Gasteiger charge is -2.27. The summed E-state index contributed by atoms with van der Waals surface area (Å²) in [6.45, 7) is 0.125. The number of hydrogen-bond donors (Lipinski definition) is 1. The molecular weight excluding hydrogens is 390 g/mol. The Labute approximate surface area is 182 Å². The number of rotatable bonds is 7. The molecule has 1 N–H and O–H groups in total. The molecule has 1 amide bonds. The third kappa shape index (κ3) is 5.53. The van der Waals surface area contributed by atoms with Gasteiger partial charge in [0.2, 0.25) is 0 Å². The van der Waals surface area contributed by atoms with Gasteiger partial charge in [-0.1, -0.05) is 72.8 Å². The fourth-order valence-electron chi connectivity index (χ4n) is 3.73. The van der Waals surface area contributed by atoms with Crippen molar-refractivity contribution in [1.82, 2.24) is 5.06 Å². The molecule has 1 aliphatic carbocycles. The molecule has 0 bridgehead atoms. The van der Waals surface area contributed by atoms with Crippen molar-refractivity contribution >= 4 is 6.09 Å². The maximum absolute atomic E-state index is 12.4. The van der Waals surface area contributed by atoms with E-state index in [4.69, 9.17) is 9.47 Å². The van der Waals surface area contributed by atoms with E-state index >= 15 is 0 Å². The fraction of sp³-hybridized carbons (Fsp3) is 0.192. The molecule has 5 heteroatoms. The first-order valence-electron chi connectivity index (χ1n) is 10.4. The Balaban J connectivity index is 1.36. The maximum Gasteiger partial charge on any atom is 0.434 e. The van der Waals surface area contributed by atoms with Crippen molar-refractivity contribution in [3.63, 3.8) is 0 Å². The number of amides is 1. The lowest BCUT2D eigenvalue weighted by atomic mass is 9.94. The van der Waals surface area contributed by atoms with E-state index in [0.717, 1.165) is 27.7 Å². The van der Waals surface area contributed by atoms with E-state index in [1.807, 2.05) is 97.1 Å². The standard InChI is InChI=1S/C26H25NO4/c28-26(30-19-20-9-3-1-4-10-20)27(29)25-16-8-12-22(25)17-21-11-7-15-24(18-21)31-23-13-5-2-6-14-23/h1-15,18,22,25,29H,16-17,19H2/t22-,25+/m0/s1. The van der Waals surface area contributed by atoms with Crippen LogP contribution in [0.1, 0.15) is 17.5 Å². The molecule has 158 valence electrons. The van der Waals surface area contributed by atoms with Crippen molar-refractivity contribution < 1.29 is 19.5 Å². The van der Waals surface area contributed by atoms with Crippen LogP contribution >= 0.6 is 0 Å². The highest BCUT2D eigenvalue weighted by Crippen LogP contribution is 2.29. The quantitative estimate of drug-likeness (QED) is 0.292. The van der Waals surface area contributed by atoms with Crippen molar-refractivity contribution in [3.05, 3.63) is 108 Å². The minimum Gasteiger partial charge on any atom is -0.457 e. The highest BCUT2D eigenvalue weighted by Gasteiger charge is 2.32. The first kappa shape index (κ1) is 20.7. The van der Waals surface area contributed by atoms with E-state index in [1.165, 1.54) is 0 Å². The lowest BCUT2D eigenvalue weighted by molar-refractivity contribution is -0.112. The molecule has 0 aromatic heterocycles. The summed E-state index contributed by atoms with van der Waals surface area (Å²) in [5, 5.41) is 11.2. The Hall–Kier alpha value is -3.57. The number of ether oxygens (including phenoxy) is 2. The monoisotopic (exact) mass is 415 g/mol. The molecule has 0 fully saturated rings. The number of hydroxylamine groups is 2. The first-order valence-corrected chi connectivity index (χ1v) is 10.4. The van der Waals surface area contributed by atoms with Gasteiger partial charge < -0.3 is 9.47 Å². The number of benzene rings is 3. The van der Waals surface area contributed by atoms with Gasteiger partial charge in [-0.25, -0.2) is 4.79 Å². The summed E-state index contributed by atoms with van der Waals surface area (Å²) < 4.78 is 11.2. The van der Waals surface area contributed by atoms with Crippen LogP contribution in [0.3, 0.4) is 0 Å². The van der Waals surface area contributed by atoms with Crippen molar-refractivity contribution in [1.29, 1.82) is 0 Å². The predicted octanol–water partition coefficient (Wildman–Crippen LogP) is 5.99. The summed E-state index contributed by atoms with van der Waals surface area (Å²) >= 11 is 0. The van der Waals surface area contributed by atoms with E-state index in [-0.39, 0.29) is 18.6 Å². The second-order valence-electron chi connectivity index (χ2n) is 7.55. The molecule has 0 aliphatic heterocycles. The minimum atomic E-state index is -0.733. The van der Waals surface area contributed by atoms with Gasteiger partial charge in [0.25, 0.3) is 0 Å². The smallest absolute Gasteiger partial charge is 0.434 e. The Morgan fingerprint density at radius 2 is 1.58 bits per heavy atom. The molecule has 3 aromatic rings. The van der Waals surface area contributed by atoms with Crippen LogP contribution in [0.5, 0.6) is 11.5 Å². The number of para-hydroxylation sites is 1. The summed E-state index contributed by atoms with van der Waals surface area (Å²) in [5.41, 5.74) is 1.95. The number of carbonyl (C=O) groups is 1. The highest BCUT2D eigenvalue weighted by molar-refractivity contribution is 5.66. The van der Waals surface area contributed by atoms with Gasteiger partial charge in [-0.2, -0.15) is 5.06 Å². The minimum absolute atomic E-state index is 0.0127. The van der Waals surface area contributed by atoms with Gasteiger partial charge >= 0.3 is 6.09 Å². The van der Waals surface area contributed by atoms with Crippen molar-refractivity contribution in [2.75, 3.05) is 0 Å². The van der Waals surface area contributed by atoms with Crippen LogP contribution < -0.4 is 4.74 Å². The molecule has 5 nitrogen and oxygen atoms in total. The molecule has 0 heterocycles. The molecule has 1 aliphatic rings. The predicted molar refractivity (Wildman–Crippen MR) is 118 cm³/mol. The summed E-state index contributed by atoms with van der Waals surface area (Å²) in [7, 11) is 0. The normalized spacial score (nSPS) is 17.3. The van der Waals surface area contributed by atoms with Crippen molar-refractivity contribution in [2.45, 2.75) is 25.5 Å². The third-order valence-electron chi connectivity index (χ3n) is 5.31. The molecule has 31 heavy (non-hydrogen) atoms. The highest BCUT2D eigenvalue weighted by atomic mass is 16.6.